The van der Waals surface area contributed by atoms with E-state index >= 15 is 0 Å². The van der Waals surface area contributed by atoms with Crippen LogP contribution in [0.25, 0.3) is 0 Å². The van der Waals surface area contributed by atoms with Crippen LogP contribution in [-0.4, -0.2) is 32.6 Å². The molecule has 0 saturated heterocycles. The average molecular weight is 395 g/mol. The van der Waals surface area contributed by atoms with E-state index in [4.69, 9.17) is 10.2 Å². The van der Waals surface area contributed by atoms with E-state index in [1.165, 1.54) is 81.6 Å². The van der Waals surface area contributed by atoms with Gasteiger partial charge in [-0.25, -0.2) is 4.79 Å². The lowest BCUT2D eigenvalue weighted by Gasteiger charge is -2.13. The van der Waals surface area contributed by atoms with Crippen LogP contribution in [0.15, 0.2) is 16.7 Å². The van der Waals surface area contributed by atoms with Crippen molar-refractivity contribution in [2.75, 3.05) is 13.6 Å². The maximum absolute atomic E-state index is 10.9. The number of hydrogen-bond donors (Lipinski definition) is 1. The van der Waals surface area contributed by atoms with Crippen molar-refractivity contribution in [1.82, 2.24) is 4.90 Å². The Bertz CT molecular complexity index is 523. The third kappa shape index (κ3) is 11.3. The predicted molar refractivity (Wildman–Crippen MR) is 118 cm³/mol. The molecule has 0 aliphatic heterocycles. The molecule has 0 bridgehead atoms. The lowest BCUT2D eigenvalue weighted by molar-refractivity contribution is 0.217. The SMILES string of the molecule is CN(CCCCCCCCCCCCCc1coc([Si](C)(C)C)c1)C(N)=O. The number of amides is 2. The summed E-state index contributed by atoms with van der Waals surface area (Å²) >= 11 is 0. The van der Waals surface area contributed by atoms with E-state index in [-0.39, 0.29) is 6.03 Å². The highest BCUT2D eigenvalue weighted by Crippen LogP contribution is 2.14. The zero-order valence-corrected chi connectivity index (χ0v) is 19.2. The summed E-state index contributed by atoms with van der Waals surface area (Å²) < 4.78 is 5.75. The maximum atomic E-state index is 10.9. The molecule has 1 aromatic rings. The first-order valence-corrected chi connectivity index (χ1v) is 14.4. The number of furan rings is 1. The van der Waals surface area contributed by atoms with Crippen LogP contribution in [0.1, 0.15) is 76.2 Å². The molecule has 1 rings (SSSR count). The fraction of sp³-hybridized carbons (Fsp3) is 0.773. The van der Waals surface area contributed by atoms with Crippen molar-refractivity contribution in [2.24, 2.45) is 5.73 Å². The van der Waals surface area contributed by atoms with Gasteiger partial charge in [0.05, 0.1) is 11.6 Å². The van der Waals surface area contributed by atoms with E-state index in [0.29, 0.717) is 0 Å². The van der Waals surface area contributed by atoms with Crippen molar-refractivity contribution < 1.29 is 9.21 Å². The van der Waals surface area contributed by atoms with E-state index in [1.807, 2.05) is 6.26 Å². The van der Waals surface area contributed by atoms with Crippen molar-refractivity contribution in [3.05, 3.63) is 17.9 Å². The smallest absolute Gasteiger partial charge is 0.314 e. The molecule has 4 nitrogen and oxygen atoms in total. The van der Waals surface area contributed by atoms with E-state index in [2.05, 4.69) is 25.7 Å². The average Bonchev–Trinajstić information content (AvgIpc) is 3.08. The second kappa shape index (κ2) is 13.0. The van der Waals surface area contributed by atoms with Gasteiger partial charge in [0, 0.05) is 13.6 Å². The number of nitrogens with zero attached hydrogens (tertiary/aromatic N) is 1. The molecular formula is C22H42N2O2Si. The molecule has 0 saturated carbocycles. The molecule has 0 atom stereocenters. The van der Waals surface area contributed by atoms with Crippen molar-refractivity contribution >= 4 is 19.5 Å². The molecule has 0 aliphatic carbocycles. The molecule has 0 spiro atoms. The molecule has 0 fully saturated rings. The Kier molecular flexibility index (Phi) is 11.5. The minimum atomic E-state index is -1.29. The number of nitrogens with two attached hydrogens (primary N) is 1. The number of primary amides is 1. The largest absolute Gasteiger partial charge is 0.474 e. The maximum Gasteiger partial charge on any atom is 0.314 e. The molecule has 156 valence electrons. The third-order valence-electron chi connectivity index (χ3n) is 5.23. The minimum Gasteiger partial charge on any atom is -0.474 e. The summed E-state index contributed by atoms with van der Waals surface area (Å²) in [5.41, 5.74) is 6.59. The highest BCUT2D eigenvalue weighted by atomic mass is 28.3. The molecule has 27 heavy (non-hydrogen) atoms. The zero-order valence-electron chi connectivity index (χ0n) is 18.2. The van der Waals surface area contributed by atoms with E-state index in [1.54, 1.807) is 11.9 Å². The monoisotopic (exact) mass is 394 g/mol. The van der Waals surface area contributed by atoms with Crippen LogP contribution < -0.4 is 11.1 Å². The Morgan fingerprint density at radius 3 is 1.85 bits per heavy atom. The molecular weight excluding hydrogens is 352 g/mol. The van der Waals surface area contributed by atoms with Gasteiger partial charge in [-0.1, -0.05) is 77.4 Å². The van der Waals surface area contributed by atoms with Crippen LogP contribution in [0.2, 0.25) is 19.6 Å². The molecule has 0 unspecified atom stereocenters. The zero-order chi connectivity index (χ0) is 20.1. The molecule has 2 amide bonds. The van der Waals surface area contributed by atoms with Gasteiger partial charge in [0.2, 0.25) is 0 Å². The second-order valence-corrected chi connectivity index (χ2v) is 14.0. The van der Waals surface area contributed by atoms with Crippen LogP contribution in [0.3, 0.4) is 0 Å². The Balaban J connectivity index is 1.87. The van der Waals surface area contributed by atoms with Gasteiger partial charge in [0.25, 0.3) is 0 Å². The highest BCUT2D eigenvalue weighted by molar-refractivity contribution is 6.87. The molecule has 0 aromatic carbocycles. The molecule has 0 radical (unpaired) electrons. The van der Waals surface area contributed by atoms with Gasteiger partial charge >= 0.3 is 6.03 Å². The van der Waals surface area contributed by atoms with Crippen LogP contribution in [0.5, 0.6) is 0 Å². The van der Waals surface area contributed by atoms with E-state index < -0.39 is 8.07 Å². The van der Waals surface area contributed by atoms with Gasteiger partial charge in [-0.2, -0.15) is 0 Å². The number of carbonyl (C=O) groups is 1. The topological polar surface area (TPSA) is 59.5 Å². The minimum absolute atomic E-state index is 0.323. The lowest BCUT2D eigenvalue weighted by atomic mass is 10.0. The van der Waals surface area contributed by atoms with Crippen molar-refractivity contribution in [2.45, 2.75) is 96.7 Å². The lowest BCUT2D eigenvalue weighted by Crippen LogP contribution is -2.36. The summed E-state index contributed by atoms with van der Waals surface area (Å²) in [5, 5.41) is 1.23. The van der Waals surface area contributed by atoms with E-state index in [9.17, 15) is 4.79 Å². The second-order valence-electron chi connectivity index (χ2n) is 8.97. The molecule has 1 heterocycles. The van der Waals surface area contributed by atoms with Crippen molar-refractivity contribution in [1.29, 1.82) is 0 Å². The van der Waals surface area contributed by atoms with Gasteiger partial charge in [-0.3, -0.25) is 0 Å². The van der Waals surface area contributed by atoms with E-state index in [0.717, 1.165) is 13.0 Å². The van der Waals surface area contributed by atoms with Crippen LogP contribution in [0, 0.1) is 0 Å². The summed E-state index contributed by atoms with van der Waals surface area (Å²) in [6.45, 7) is 7.78. The summed E-state index contributed by atoms with van der Waals surface area (Å²) in [7, 11) is 0.473. The molecule has 5 heteroatoms. The predicted octanol–water partition coefficient (Wildman–Crippen LogP) is 5.67. The van der Waals surface area contributed by atoms with Crippen LogP contribution in [-0.2, 0) is 6.42 Å². The van der Waals surface area contributed by atoms with Gasteiger partial charge in [-0.05, 0) is 30.9 Å². The molecule has 2 N–H and O–H groups in total. The van der Waals surface area contributed by atoms with Crippen LogP contribution in [0.4, 0.5) is 4.79 Å². The summed E-state index contributed by atoms with van der Waals surface area (Å²) in [6.07, 6.45) is 17.4. The summed E-state index contributed by atoms with van der Waals surface area (Å²) in [4.78, 5) is 12.5. The van der Waals surface area contributed by atoms with Gasteiger partial charge in [0.15, 0.2) is 0 Å². The number of unbranched alkanes of at least 4 members (excludes halogenated alkanes) is 10. The third-order valence-corrected chi connectivity index (χ3v) is 6.97. The Morgan fingerprint density at radius 2 is 1.41 bits per heavy atom. The summed E-state index contributed by atoms with van der Waals surface area (Å²) in [6, 6.07) is 1.97. The fourth-order valence-electron chi connectivity index (χ4n) is 3.28. The number of aryl methyl sites for hydroxylation is 1. The Hall–Kier alpha value is -1.23. The number of rotatable bonds is 15. The quantitative estimate of drug-likeness (QED) is 0.308. The first-order chi connectivity index (χ1) is 12.8. The summed E-state index contributed by atoms with van der Waals surface area (Å²) in [5.74, 6) is 0. The van der Waals surface area contributed by atoms with Gasteiger partial charge in [0.1, 0.15) is 8.07 Å². The highest BCUT2D eigenvalue weighted by Gasteiger charge is 2.20. The standard InChI is InChI=1S/C22H42N2O2Si/c1-24(22(23)25)17-15-13-11-9-7-5-6-8-10-12-14-16-20-18-21(26-19-20)27(2,3)4/h18-19H,5-17H2,1-4H3,(H2,23,25). The Morgan fingerprint density at radius 1 is 0.926 bits per heavy atom. The number of carbonyl (C=O) groups excluding carboxylic acids is 1. The first kappa shape index (κ1) is 23.8. The van der Waals surface area contributed by atoms with Gasteiger partial charge in [-0.15, -0.1) is 0 Å². The van der Waals surface area contributed by atoms with Crippen molar-refractivity contribution in [3.63, 3.8) is 0 Å². The molecule has 1 aromatic heterocycles. The Labute approximate surface area is 167 Å². The fourth-order valence-corrected chi connectivity index (χ4v) is 4.31. The first-order valence-electron chi connectivity index (χ1n) is 10.9. The number of urea groups is 1. The van der Waals surface area contributed by atoms with Crippen LogP contribution >= 0.6 is 0 Å². The number of hydrogen-bond acceptors (Lipinski definition) is 2. The van der Waals surface area contributed by atoms with Gasteiger partial charge < -0.3 is 15.1 Å². The normalized spacial score (nSPS) is 11.7. The van der Waals surface area contributed by atoms with Crippen molar-refractivity contribution in [3.8, 4) is 0 Å². The molecule has 0 aliphatic rings.